The second-order valence-electron chi connectivity index (χ2n) is 8.97. The lowest BCUT2D eigenvalue weighted by Crippen LogP contribution is -2.45. The van der Waals surface area contributed by atoms with Gasteiger partial charge in [0.05, 0.1) is 41.9 Å². The zero-order valence-electron chi connectivity index (χ0n) is 20.3. The first-order valence-corrected chi connectivity index (χ1v) is 11.9. The Morgan fingerprint density at radius 2 is 1.92 bits per heavy atom. The summed E-state index contributed by atoms with van der Waals surface area (Å²) in [5.74, 6) is -1.86. The van der Waals surface area contributed by atoms with Crippen LogP contribution in [0.25, 0.3) is 22.6 Å². The van der Waals surface area contributed by atoms with Crippen molar-refractivity contribution in [3.05, 3.63) is 71.3 Å². The van der Waals surface area contributed by atoms with Gasteiger partial charge in [-0.15, -0.1) is 0 Å². The van der Waals surface area contributed by atoms with Crippen molar-refractivity contribution in [1.29, 1.82) is 0 Å². The van der Waals surface area contributed by atoms with Crippen molar-refractivity contribution in [3.8, 4) is 16.9 Å². The molecule has 0 radical (unpaired) electrons. The van der Waals surface area contributed by atoms with E-state index in [-0.39, 0.29) is 61.0 Å². The van der Waals surface area contributed by atoms with Crippen LogP contribution < -0.4 is 0 Å². The van der Waals surface area contributed by atoms with E-state index in [9.17, 15) is 14.7 Å². The number of ketones is 1. The van der Waals surface area contributed by atoms with Crippen molar-refractivity contribution in [2.75, 3.05) is 19.7 Å². The molecule has 37 heavy (non-hydrogen) atoms. The van der Waals surface area contributed by atoms with Crippen LogP contribution in [0.15, 0.2) is 42.7 Å². The van der Waals surface area contributed by atoms with Gasteiger partial charge in [-0.25, -0.2) is 23.2 Å². The van der Waals surface area contributed by atoms with Gasteiger partial charge in [-0.2, -0.15) is 5.10 Å². The molecular formula is C26H25F2N5O4. The summed E-state index contributed by atoms with van der Waals surface area (Å²) in [6.07, 6.45) is 2.17. The fourth-order valence-electron chi connectivity index (χ4n) is 4.54. The maximum atomic E-state index is 15.5. The summed E-state index contributed by atoms with van der Waals surface area (Å²) in [6, 6.07) is 7.46. The van der Waals surface area contributed by atoms with E-state index < -0.39 is 23.8 Å². The molecule has 4 heterocycles. The molecule has 0 saturated carbocycles. The van der Waals surface area contributed by atoms with Gasteiger partial charge in [0.1, 0.15) is 23.0 Å². The van der Waals surface area contributed by atoms with Gasteiger partial charge in [0, 0.05) is 43.9 Å². The number of morpholine rings is 1. The summed E-state index contributed by atoms with van der Waals surface area (Å²) in [7, 11) is 0. The normalized spacial score (nSPS) is 15.9. The van der Waals surface area contributed by atoms with Crippen LogP contribution in [0.5, 0.6) is 0 Å². The SMILES string of the molecule is CCC(=O)c1ccn(-c2cc(F)c(-c3nc4cc(C)ccn4c3CC3CN(C(=O)O)CCO3)c(F)c2)n1. The van der Waals surface area contributed by atoms with Gasteiger partial charge < -0.3 is 19.1 Å². The largest absolute Gasteiger partial charge is 0.465 e. The Kier molecular flexibility index (Phi) is 6.46. The first kappa shape index (κ1) is 24.6. The highest BCUT2D eigenvalue weighted by atomic mass is 19.1. The molecule has 1 aromatic carbocycles. The lowest BCUT2D eigenvalue weighted by molar-refractivity contribution is -0.0214. The minimum absolute atomic E-state index is 0.116. The van der Waals surface area contributed by atoms with E-state index in [0.29, 0.717) is 11.3 Å². The topological polar surface area (TPSA) is 102 Å². The molecule has 1 aliphatic heterocycles. The number of amides is 1. The Hall–Kier alpha value is -4.12. The minimum Gasteiger partial charge on any atom is -0.465 e. The van der Waals surface area contributed by atoms with E-state index >= 15 is 8.78 Å². The first-order chi connectivity index (χ1) is 17.7. The van der Waals surface area contributed by atoms with E-state index in [0.717, 1.165) is 17.7 Å². The molecule has 1 amide bonds. The number of nitrogens with zero attached hydrogens (tertiary/aromatic N) is 5. The Balaban J connectivity index is 1.57. The number of carbonyl (C=O) groups excluding carboxylic acids is 1. The predicted molar refractivity (Wildman–Crippen MR) is 130 cm³/mol. The first-order valence-electron chi connectivity index (χ1n) is 11.9. The van der Waals surface area contributed by atoms with E-state index in [1.54, 1.807) is 23.6 Å². The number of ether oxygens (including phenoxy) is 1. The molecule has 5 rings (SSSR count). The molecule has 1 N–H and O–H groups in total. The molecule has 0 aliphatic carbocycles. The lowest BCUT2D eigenvalue weighted by Gasteiger charge is -2.31. The fourth-order valence-corrected chi connectivity index (χ4v) is 4.54. The molecule has 192 valence electrons. The smallest absolute Gasteiger partial charge is 0.407 e. The Morgan fingerprint density at radius 3 is 2.62 bits per heavy atom. The van der Waals surface area contributed by atoms with Gasteiger partial charge in [0.15, 0.2) is 5.78 Å². The molecule has 1 atom stereocenters. The number of Topliss-reactive ketones (excluding diaryl/α,β-unsaturated/α-hetero) is 1. The average molecular weight is 510 g/mol. The quantitative estimate of drug-likeness (QED) is 0.389. The third kappa shape index (κ3) is 4.69. The molecule has 0 bridgehead atoms. The van der Waals surface area contributed by atoms with Gasteiger partial charge in [-0.1, -0.05) is 6.92 Å². The average Bonchev–Trinajstić information content (AvgIpc) is 3.49. The van der Waals surface area contributed by atoms with E-state index in [1.807, 2.05) is 13.0 Å². The van der Waals surface area contributed by atoms with Crippen molar-refractivity contribution < 1.29 is 28.2 Å². The maximum absolute atomic E-state index is 15.5. The second-order valence-corrected chi connectivity index (χ2v) is 8.97. The number of halogens is 2. The highest BCUT2D eigenvalue weighted by Crippen LogP contribution is 2.32. The summed E-state index contributed by atoms with van der Waals surface area (Å²) in [4.78, 5) is 29.2. The number of rotatable bonds is 6. The van der Waals surface area contributed by atoms with Crippen LogP contribution in [0.3, 0.4) is 0 Å². The van der Waals surface area contributed by atoms with Crippen LogP contribution in [0, 0.1) is 18.6 Å². The van der Waals surface area contributed by atoms with Crippen LogP contribution in [-0.4, -0.2) is 66.8 Å². The summed E-state index contributed by atoms with van der Waals surface area (Å²) in [6.45, 7) is 4.22. The number of fused-ring (bicyclic) bond motifs is 1. The predicted octanol–water partition coefficient (Wildman–Crippen LogP) is 4.29. The number of carbonyl (C=O) groups is 2. The highest BCUT2D eigenvalue weighted by Gasteiger charge is 2.28. The van der Waals surface area contributed by atoms with Gasteiger partial charge >= 0.3 is 6.09 Å². The summed E-state index contributed by atoms with van der Waals surface area (Å²) in [5.41, 5.74) is 2.10. The Labute approximate surface area is 210 Å². The number of aryl methyl sites for hydroxylation is 1. The molecule has 1 saturated heterocycles. The van der Waals surface area contributed by atoms with Gasteiger partial charge in [0.25, 0.3) is 0 Å². The van der Waals surface area contributed by atoms with Gasteiger partial charge in [0.2, 0.25) is 0 Å². The maximum Gasteiger partial charge on any atom is 0.407 e. The van der Waals surface area contributed by atoms with E-state index in [1.165, 1.54) is 21.8 Å². The highest BCUT2D eigenvalue weighted by molar-refractivity contribution is 5.93. The number of hydrogen-bond acceptors (Lipinski definition) is 5. The van der Waals surface area contributed by atoms with E-state index in [2.05, 4.69) is 10.1 Å². The Morgan fingerprint density at radius 1 is 1.16 bits per heavy atom. The minimum atomic E-state index is -1.04. The second kappa shape index (κ2) is 9.74. The fraction of sp³-hybridized carbons (Fsp3) is 0.308. The van der Waals surface area contributed by atoms with Crippen molar-refractivity contribution in [2.45, 2.75) is 32.8 Å². The molecule has 1 fully saturated rings. The van der Waals surface area contributed by atoms with Crippen LogP contribution in [0.1, 0.15) is 35.1 Å². The monoisotopic (exact) mass is 509 g/mol. The third-order valence-corrected chi connectivity index (χ3v) is 6.43. The van der Waals surface area contributed by atoms with Gasteiger partial charge in [-0.05, 0) is 30.7 Å². The molecule has 0 spiro atoms. The molecule has 3 aromatic heterocycles. The molecule has 11 heteroatoms. The van der Waals surface area contributed by atoms with Crippen molar-refractivity contribution >= 4 is 17.5 Å². The van der Waals surface area contributed by atoms with Crippen LogP contribution in [-0.2, 0) is 11.2 Å². The number of aromatic nitrogens is 4. The standard InChI is InChI=1S/C26H25F2N5O4/c1-3-22(34)20-5-7-33(30-20)16-11-18(27)24(19(28)12-16)25-21(32-6-4-15(2)10-23(32)29-25)13-17-14-31(26(35)36)8-9-37-17/h4-7,10-12,17H,3,8-9,13-14H2,1-2H3,(H,35,36). The molecule has 1 aliphatic rings. The summed E-state index contributed by atoms with van der Waals surface area (Å²) >= 11 is 0. The third-order valence-electron chi connectivity index (χ3n) is 6.43. The molecular weight excluding hydrogens is 484 g/mol. The van der Waals surface area contributed by atoms with Crippen LogP contribution in [0.2, 0.25) is 0 Å². The Bertz CT molecular complexity index is 1490. The number of imidazole rings is 1. The zero-order chi connectivity index (χ0) is 26.3. The summed E-state index contributed by atoms with van der Waals surface area (Å²) in [5, 5.41) is 13.5. The van der Waals surface area contributed by atoms with Crippen LogP contribution >= 0.6 is 0 Å². The van der Waals surface area contributed by atoms with Crippen molar-refractivity contribution in [2.24, 2.45) is 0 Å². The van der Waals surface area contributed by atoms with Crippen molar-refractivity contribution in [3.63, 3.8) is 0 Å². The number of carboxylic acid groups (broad SMARTS) is 1. The number of hydrogen-bond donors (Lipinski definition) is 1. The van der Waals surface area contributed by atoms with Crippen LogP contribution in [0.4, 0.5) is 13.6 Å². The molecule has 1 unspecified atom stereocenters. The van der Waals surface area contributed by atoms with Gasteiger partial charge in [-0.3, -0.25) is 4.79 Å². The van der Waals surface area contributed by atoms with Crippen molar-refractivity contribution in [1.82, 2.24) is 24.1 Å². The lowest BCUT2D eigenvalue weighted by atomic mass is 10.0. The molecule has 4 aromatic rings. The molecule has 9 nitrogen and oxygen atoms in total. The number of pyridine rings is 1. The summed E-state index contributed by atoms with van der Waals surface area (Å²) < 4.78 is 39.9. The number of benzene rings is 1. The zero-order valence-corrected chi connectivity index (χ0v) is 20.3. The van der Waals surface area contributed by atoms with E-state index in [4.69, 9.17) is 4.74 Å².